The van der Waals surface area contributed by atoms with Gasteiger partial charge in [-0.15, -0.1) is 11.3 Å². The maximum Gasteiger partial charge on any atom is 0.268 e. The van der Waals surface area contributed by atoms with Crippen LogP contribution < -0.4 is 5.32 Å². The third-order valence-electron chi connectivity index (χ3n) is 2.34. The Morgan fingerprint density at radius 2 is 2.17 bits per heavy atom. The summed E-state index contributed by atoms with van der Waals surface area (Å²) in [6.45, 7) is 6.17. The standard InChI is InChI=1S/C12H14BrN3OS/c1-12(2,3)16-6-4-9(15-16)14-11(17)10-8(13)5-7-18-10/h4-7H,1-3H3,(H,14,15,17). The summed E-state index contributed by atoms with van der Waals surface area (Å²) in [6, 6.07) is 3.65. The molecule has 0 saturated carbocycles. The molecule has 0 spiro atoms. The monoisotopic (exact) mass is 327 g/mol. The number of carbonyl (C=O) groups is 1. The van der Waals surface area contributed by atoms with Gasteiger partial charge in [0.1, 0.15) is 4.88 Å². The van der Waals surface area contributed by atoms with Gasteiger partial charge in [0.2, 0.25) is 0 Å². The first-order valence-electron chi connectivity index (χ1n) is 5.48. The molecule has 0 aromatic carbocycles. The fraction of sp³-hybridized carbons (Fsp3) is 0.333. The number of thiophene rings is 1. The lowest BCUT2D eigenvalue weighted by atomic mass is 10.1. The van der Waals surface area contributed by atoms with Crippen LogP contribution in [0.15, 0.2) is 28.2 Å². The molecule has 0 aliphatic rings. The predicted molar refractivity (Wildman–Crippen MR) is 77.2 cm³/mol. The van der Waals surface area contributed by atoms with Crippen molar-refractivity contribution in [2.45, 2.75) is 26.3 Å². The van der Waals surface area contributed by atoms with E-state index in [1.165, 1.54) is 11.3 Å². The van der Waals surface area contributed by atoms with Crippen LogP contribution in [0.4, 0.5) is 5.82 Å². The highest BCUT2D eigenvalue weighted by Crippen LogP contribution is 2.23. The van der Waals surface area contributed by atoms with Gasteiger partial charge in [-0.1, -0.05) is 0 Å². The molecule has 2 heterocycles. The molecule has 2 rings (SSSR count). The van der Waals surface area contributed by atoms with E-state index in [9.17, 15) is 4.79 Å². The fourth-order valence-corrected chi connectivity index (χ4v) is 2.84. The summed E-state index contributed by atoms with van der Waals surface area (Å²) >= 11 is 4.74. The molecule has 18 heavy (non-hydrogen) atoms. The third-order valence-corrected chi connectivity index (χ3v) is 4.18. The lowest BCUT2D eigenvalue weighted by Crippen LogP contribution is -2.22. The molecule has 4 nitrogen and oxygen atoms in total. The second-order valence-electron chi connectivity index (χ2n) is 4.87. The Balaban J connectivity index is 2.13. The van der Waals surface area contributed by atoms with Crippen LogP contribution in [0.3, 0.4) is 0 Å². The first-order chi connectivity index (χ1) is 8.38. The molecule has 96 valence electrons. The summed E-state index contributed by atoms with van der Waals surface area (Å²) < 4.78 is 2.63. The zero-order valence-corrected chi connectivity index (χ0v) is 12.8. The zero-order valence-electron chi connectivity index (χ0n) is 10.4. The highest BCUT2D eigenvalue weighted by Gasteiger charge is 2.16. The molecule has 0 fully saturated rings. The van der Waals surface area contributed by atoms with Crippen molar-refractivity contribution >= 4 is 39.0 Å². The second kappa shape index (κ2) is 4.85. The first-order valence-corrected chi connectivity index (χ1v) is 7.16. The fourth-order valence-electron chi connectivity index (χ4n) is 1.39. The summed E-state index contributed by atoms with van der Waals surface area (Å²) in [7, 11) is 0. The summed E-state index contributed by atoms with van der Waals surface area (Å²) in [4.78, 5) is 12.6. The van der Waals surface area contributed by atoms with E-state index in [0.29, 0.717) is 10.7 Å². The maximum atomic E-state index is 12.0. The molecule has 0 bridgehead atoms. The van der Waals surface area contributed by atoms with E-state index < -0.39 is 0 Å². The molecule has 1 N–H and O–H groups in total. The average molecular weight is 328 g/mol. The molecule has 6 heteroatoms. The number of rotatable bonds is 2. The van der Waals surface area contributed by atoms with Gasteiger partial charge in [-0.2, -0.15) is 5.10 Å². The summed E-state index contributed by atoms with van der Waals surface area (Å²) in [6.07, 6.45) is 1.86. The summed E-state index contributed by atoms with van der Waals surface area (Å²) in [5, 5.41) is 8.99. The number of carbonyl (C=O) groups excluding carboxylic acids is 1. The van der Waals surface area contributed by atoms with Crippen LogP contribution in [-0.4, -0.2) is 15.7 Å². The van der Waals surface area contributed by atoms with E-state index in [2.05, 4.69) is 47.1 Å². The van der Waals surface area contributed by atoms with Gasteiger partial charge in [-0.3, -0.25) is 9.48 Å². The Morgan fingerprint density at radius 1 is 1.44 bits per heavy atom. The van der Waals surface area contributed by atoms with Gasteiger partial charge in [-0.25, -0.2) is 0 Å². The molecule has 0 atom stereocenters. The number of aromatic nitrogens is 2. The summed E-state index contributed by atoms with van der Waals surface area (Å²) in [5.74, 6) is 0.422. The van der Waals surface area contributed by atoms with Crippen molar-refractivity contribution in [2.24, 2.45) is 0 Å². The largest absolute Gasteiger partial charge is 0.304 e. The van der Waals surface area contributed by atoms with Gasteiger partial charge >= 0.3 is 0 Å². The minimum atomic E-state index is -0.143. The number of hydrogen-bond acceptors (Lipinski definition) is 3. The van der Waals surface area contributed by atoms with Gasteiger partial charge in [0.25, 0.3) is 5.91 Å². The van der Waals surface area contributed by atoms with E-state index in [1.54, 1.807) is 6.07 Å². The second-order valence-corrected chi connectivity index (χ2v) is 6.64. The van der Waals surface area contributed by atoms with Crippen molar-refractivity contribution in [3.05, 3.63) is 33.1 Å². The number of hydrogen-bond donors (Lipinski definition) is 1. The molecule has 0 aliphatic heterocycles. The minimum absolute atomic E-state index is 0.0908. The predicted octanol–water partition coefficient (Wildman–Crippen LogP) is 3.71. The lowest BCUT2D eigenvalue weighted by Gasteiger charge is -2.18. The number of amides is 1. The van der Waals surface area contributed by atoms with Gasteiger partial charge in [0.15, 0.2) is 5.82 Å². The molecule has 2 aromatic heterocycles. The minimum Gasteiger partial charge on any atom is -0.304 e. The van der Waals surface area contributed by atoms with Crippen molar-refractivity contribution in [2.75, 3.05) is 5.32 Å². The zero-order chi connectivity index (χ0) is 13.3. The molecular weight excluding hydrogens is 314 g/mol. The van der Waals surface area contributed by atoms with Gasteiger partial charge in [0.05, 0.1) is 5.54 Å². The number of nitrogens with zero attached hydrogens (tertiary/aromatic N) is 2. The van der Waals surface area contributed by atoms with E-state index in [-0.39, 0.29) is 11.4 Å². The maximum absolute atomic E-state index is 12.0. The average Bonchev–Trinajstić information content (AvgIpc) is 2.85. The smallest absolute Gasteiger partial charge is 0.268 e. The number of anilines is 1. The highest BCUT2D eigenvalue weighted by atomic mass is 79.9. The molecule has 0 radical (unpaired) electrons. The number of halogens is 1. The van der Waals surface area contributed by atoms with E-state index in [4.69, 9.17) is 0 Å². The normalized spacial score (nSPS) is 11.6. The number of nitrogens with one attached hydrogen (secondary N) is 1. The van der Waals surface area contributed by atoms with Crippen molar-refractivity contribution < 1.29 is 4.79 Å². The molecule has 1 amide bonds. The Hall–Kier alpha value is -1.14. The molecule has 0 saturated heterocycles. The van der Waals surface area contributed by atoms with Gasteiger partial charge < -0.3 is 5.32 Å². The quantitative estimate of drug-likeness (QED) is 0.913. The Morgan fingerprint density at radius 3 is 2.67 bits per heavy atom. The Labute approximate surface area is 118 Å². The topological polar surface area (TPSA) is 46.9 Å². The van der Waals surface area contributed by atoms with Crippen molar-refractivity contribution in [3.63, 3.8) is 0 Å². The molecule has 2 aromatic rings. The Bertz CT molecular complexity index is 568. The van der Waals surface area contributed by atoms with Crippen molar-refractivity contribution in [1.82, 2.24) is 9.78 Å². The highest BCUT2D eigenvalue weighted by molar-refractivity contribution is 9.10. The van der Waals surface area contributed by atoms with Gasteiger partial charge in [0, 0.05) is 16.7 Å². The van der Waals surface area contributed by atoms with Crippen LogP contribution in [-0.2, 0) is 5.54 Å². The third kappa shape index (κ3) is 2.81. The molecule has 0 aliphatic carbocycles. The summed E-state index contributed by atoms with van der Waals surface area (Å²) in [5.41, 5.74) is -0.0908. The lowest BCUT2D eigenvalue weighted by molar-refractivity contribution is 0.102. The van der Waals surface area contributed by atoms with Crippen LogP contribution in [0.25, 0.3) is 0 Å². The molecular formula is C12H14BrN3OS. The van der Waals surface area contributed by atoms with Gasteiger partial charge in [-0.05, 0) is 48.1 Å². The van der Waals surface area contributed by atoms with Crippen LogP contribution in [0, 0.1) is 0 Å². The Kier molecular flexibility index (Phi) is 3.59. The van der Waals surface area contributed by atoms with Crippen LogP contribution in [0.2, 0.25) is 0 Å². The van der Waals surface area contributed by atoms with Crippen molar-refractivity contribution in [3.8, 4) is 0 Å². The molecule has 0 unspecified atom stereocenters. The van der Waals surface area contributed by atoms with E-state index in [0.717, 1.165) is 4.47 Å². The van der Waals surface area contributed by atoms with E-state index in [1.807, 2.05) is 22.3 Å². The van der Waals surface area contributed by atoms with Crippen LogP contribution in [0.5, 0.6) is 0 Å². The van der Waals surface area contributed by atoms with Crippen LogP contribution >= 0.6 is 27.3 Å². The SMILES string of the molecule is CC(C)(C)n1ccc(NC(=O)c2sccc2Br)n1. The first kappa shape index (κ1) is 13.3. The van der Waals surface area contributed by atoms with Crippen LogP contribution in [0.1, 0.15) is 30.4 Å². The van der Waals surface area contributed by atoms with Crippen molar-refractivity contribution in [1.29, 1.82) is 0 Å². The van der Waals surface area contributed by atoms with E-state index >= 15 is 0 Å².